The minimum Gasteiger partial charge on any atom is -0.316 e. The van der Waals surface area contributed by atoms with Crippen LogP contribution >= 0.6 is 12.4 Å². The lowest BCUT2D eigenvalue weighted by molar-refractivity contribution is -0.0569. The summed E-state index contributed by atoms with van der Waals surface area (Å²) in [6.07, 6.45) is 1.30. The maximum Gasteiger partial charge on any atom is 0.250 e. The smallest absolute Gasteiger partial charge is 0.250 e. The van der Waals surface area contributed by atoms with Crippen LogP contribution in [0.4, 0.5) is 8.78 Å². The highest BCUT2D eigenvalue weighted by atomic mass is 35.5. The van der Waals surface area contributed by atoms with E-state index in [4.69, 9.17) is 0 Å². The molecule has 2 heterocycles. The van der Waals surface area contributed by atoms with Gasteiger partial charge in [0.25, 0.3) is 5.92 Å². The first-order valence-electron chi connectivity index (χ1n) is 5.47. The highest BCUT2D eigenvalue weighted by molar-refractivity contribution is 5.85. The fraction of sp³-hybridized carbons (Fsp3) is 1.00. The van der Waals surface area contributed by atoms with Crippen LogP contribution in [-0.2, 0) is 0 Å². The van der Waals surface area contributed by atoms with Gasteiger partial charge in [0.05, 0.1) is 0 Å². The first-order chi connectivity index (χ1) is 6.66. The number of halogens is 3. The Morgan fingerprint density at radius 1 is 1.27 bits per heavy atom. The summed E-state index contributed by atoms with van der Waals surface area (Å²) in [7, 11) is 0. The SMILES string of the molecule is Cl.FC1(F)CCN(CC2CCNC2)CC1. The van der Waals surface area contributed by atoms with Crippen LogP contribution in [0.3, 0.4) is 0 Å². The van der Waals surface area contributed by atoms with Gasteiger partial charge in [0, 0.05) is 32.5 Å². The van der Waals surface area contributed by atoms with Crippen LogP contribution in [-0.4, -0.2) is 43.5 Å². The molecule has 0 saturated carbocycles. The molecule has 1 unspecified atom stereocenters. The maximum atomic E-state index is 12.9. The summed E-state index contributed by atoms with van der Waals surface area (Å²) in [6.45, 7) is 4.30. The third kappa shape index (κ3) is 3.85. The predicted molar refractivity (Wildman–Crippen MR) is 58.8 cm³/mol. The summed E-state index contributed by atoms with van der Waals surface area (Å²) < 4.78 is 25.7. The standard InChI is InChI=1S/C10H18F2N2.ClH/c11-10(12)2-5-14(6-3-10)8-9-1-4-13-7-9;/h9,13H,1-8H2;1H. The van der Waals surface area contributed by atoms with E-state index in [1.54, 1.807) is 0 Å². The molecule has 0 spiro atoms. The van der Waals surface area contributed by atoms with Gasteiger partial charge >= 0.3 is 0 Å². The van der Waals surface area contributed by atoms with E-state index in [2.05, 4.69) is 10.2 Å². The van der Waals surface area contributed by atoms with Crippen LogP contribution < -0.4 is 5.32 Å². The number of hydrogen-bond acceptors (Lipinski definition) is 2. The number of nitrogens with zero attached hydrogens (tertiary/aromatic N) is 1. The number of likely N-dealkylation sites (tertiary alicyclic amines) is 1. The van der Waals surface area contributed by atoms with E-state index in [0.29, 0.717) is 19.0 Å². The van der Waals surface area contributed by atoms with Crippen molar-refractivity contribution in [3.05, 3.63) is 0 Å². The zero-order valence-corrected chi connectivity index (χ0v) is 9.66. The molecule has 0 aromatic carbocycles. The van der Waals surface area contributed by atoms with E-state index < -0.39 is 5.92 Å². The molecule has 90 valence electrons. The Morgan fingerprint density at radius 3 is 2.47 bits per heavy atom. The quantitative estimate of drug-likeness (QED) is 0.791. The highest BCUT2D eigenvalue weighted by Gasteiger charge is 2.34. The summed E-state index contributed by atoms with van der Waals surface area (Å²) in [5, 5.41) is 3.30. The van der Waals surface area contributed by atoms with Gasteiger partial charge in [-0.15, -0.1) is 12.4 Å². The molecule has 2 aliphatic rings. The topological polar surface area (TPSA) is 15.3 Å². The molecule has 0 aromatic heterocycles. The Kier molecular flexibility index (Phi) is 4.74. The molecular weight excluding hydrogens is 222 g/mol. The molecule has 0 radical (unpaired) electrons. The van der Waals surface area contributed by atoms with E-state index in [1.165, 1.54) is 6.42 Å². The average Bonchev–Trinajstić information content (AvgIpc) is 2.61. The molecule has 0 amide bonds. The Balaban J connectivity index is 0.00000112. The van der Waals surface area contributed by atoms with Crippen molar-refractivity contribution >= 4 is 12.4 Å². The number of piperidine rings is 1. The molecule has 15 heavy (non-hydrogen) atoms. The molecule has 2 nitrogen and oxygen atoms in total. The van der Waals surface area contributed by atoms with Crippen LogP contribution in [0.15, 0.2) is 0 Å². The van der Waals surface area contributed by atoms with Crippen molar-refractivity contribution in [2.45, 2.75) is 25.2 Å². The number of rotatable bonds is 2. The summed E-state index contributed by atoms with van der Waals surface area (Å²) >= 11 is 0. The lowest BCUT2D eigenvalue weighted by Crippen LogP contribution is -2.41. The summed E-state index contributed by atoms with van der Waals surface area (Å²) in [5.41, 5.74) is 0. The molecule has 1 atom stereocenters. The molecule has 5 heteroatoms. The fourth-order valence-corrected chi connectivity index (χ4v) is 2.30. The van der Waals surface area contributed by atoms with Crippen LogP contribution in [0.2, 0.25) is 0 Å². The van der Waals surface area contributed by atoms with Crippen molar-refractivity contribution in [2.75, 3.05) is 32.7 Å². The van der Waals surface area contributed by atoms with E-state index >= 15 is 0 Å². The van der Waals surface area contributed by atoms with Crippen molar-refractivity contribution in [3.8, 4) is 0 Å². The van der Waals surface area contributed by atoms with E-state index in [1.807, 2.05) is 0 Å². The van der Waals surface area contributed by atoms with E-state index in [-0.39, 0.29) is 25.2 Å². The van der Waals surface area contributed by atoms with Crippen LogP contribution in [0.25, 0.3) is 0 Å². The van der Waals surface area contributed by atoms with Gasteiger partial charge in [-0.2, -0.15) is 0 Å². The molecule has 1 N–H and O–H groups in total. The first-order valence-corrected chi connectivity index (χ1v) is 5.47. The number of hydrogen-bond donors (Lipinski definition) is 1. The van der Waals surface area contributed by atoms with Crippen molar-refractivity contribution in [2.24, 2.45) is 5.92 Å². The molecule has 0 aromatic rings. The molecule has 2 fully saturated rings. The third-order valence-corrected chi connectivity index (χ3v) is 3.27. The number of nitrogens with one attached hydrogen (secondary N) is 1. The minimum absolute atomic E-state index is 0. The van der Waals surface area contributed by atoms with Gasteiger partial charge in [0.15, 0.2) is 0 Å². The number of alkyl halides is 2. The summed E-state index contributed by atoms with van der Waals surface area (Å²) in [5.74, 6) is -1.72. The molecule has 2 saturated heterocycles. The average molecular weight is 241 g/mol. The maximum absolute atomic E-state index is 12.9. The lowest BCUT2D eigenvalue weighted by Gasteiger charge is -2.33. The fourth-order valence-electron chi connectivity index (χ4n) is 2.30. The Bertz CT molecular complexity index is 186. The largest absolute Gasteiger partial charge is 0.316 e. The Morgan fingerprint density at radius 2 is 1.93 bits per heavy atom. The summed E-state index contributed by atoms with van der Waals surface area (Å²) in [4.78, 5) is 2.19. The van der Waals surface area contributed by atoms with Gasteiger partial charge < -0.3 is 10.2 Å². The van der Waals surface area contributed by atoms with Gasteiger partial charge in [-0.05, 0) is 25.4 Å². The van der Waals surface area contributed by atoms with Crippen molar-refractivity contribution in [1.82, 2.24) is 10.2 Å². The first kappa shape index (κ1) is 13.1. The van der Waals surface area contributed by atoms with Crippen LogP contribution in [0.1, 0.15) is 19.3 Å². The zero-order chi connectivity index (χ0) is 10.0. The Hall–Kier alpha value is 0.0700. The van der Waals surface area contributed by atoms with Crippen LogP contribution in [0.5, 0.6) is 0 Å². The second-order valence-electron chi connectivity index (χ2n) is 4.52. The van der Waals surface area contributed by atoms with Crippen molar-refractivity contribution in [3.63, 3.8) is 0 Å². The second-order valence-corrected chi connectivity index (χ2v) is 4.52. The Labute approximate surface area is 95.8 Å². The minimum atomic E-state index is -2.40. The van der Waals surface area contributed by atoms with Gasteiger partial charge in [0.2, 0.25) is 0 Å². The van der Waals surface area contributed by atoms with Gasteiger partial charge in [-0.25, -0.2) is 8.78 Å². The molecule has 2 aliphatic heterocycles. The normalized spacial score (nSPS) is 31.2. The van der Waals surface area contributed by atoms with Crippen molar-refractivity contribution < 1.29 is 8.78 Å². The molecule has 0 aliphatic carbocycles. The molecule has 2 rings (SSSR count). The van der Waals surface area contributed by atoms with Gasteiger partial charge in [-0.1, -0.05) is 0 Å². The molecular formula is C10H19ClF2N2. The summed E-state index contributed by atoms with van der Waals surface area (Å²) in [6, 6.07) is 0. The highest BCUT2D eigenvalue weighted by Crippen LogP contribution is 2.28. The zero-order valence-electron chi connectivity index (χ0n) is 8.85. The lowest BCUT2D eigenvalue weighted by atomic mass is 10.0. The second kappa shape index (κ2) is 5.41. The van der Waals surface area contributed by atoms with Crippen LogP contribution in [0, 0.1) is 5.92 Å². The van der Waals surface area contributed by atoms with Crippen molar-refractivity contribution in [1.29, 1.82) is 0 Å². The third-order valence-electron chi connectivity index (χ3n) is 3.27. The monoisotopic (exact) mass is 240 g/mol. The molecule has 0 bridgehead atoms. The van der Waals surface area contributed by atoms with Gasteiger partial charge in [-0.3, -0.25) is 0 Å². The predicted octanol–water partition coefficient (Wildman–Crippen LogP) is 1.75. The van der Waals surface area contributed by atoms with Gasteiger partial charge in [0.1, 0.15) is 0 Å². The van der Waals surface area contributed by atoms with E-state index in [9.17, 15) is 8.78 Å². The van der Waals surface area contributed by atoms with E-state index in [0.717, 1.165) is 19.6 Å².